The molecule has 33 heavy (non-hydrogen) atoms. The molecule has 0 spiro atoms. The Morgan fingerprint density at radius 2 is 1.79 bits per heavy atom. The summed E-state index contributed by atoms with van der Waals surface area (Å²) in [7, 11) is 0. The van der Waals surface area contributed by atoms with E-state index < -0.39 is 0 Å². The van der Waals surface area contributed by atoms with Crippen LogP contribution in [0.2, 0.25) is 0 Å². The summed E-state index contributed by atoms with van der Waals surface area (Å²) in [5, 5.41) is 9.70. The SMILES string of the molecule is CCCn1c(SCC(=O)N2CCN([C@@H](C)c3ccccc3)CC2)nnc1-c1cccc(C)c1. The van der Waals surface area contributed by atoms with Crippen molar-refractivity contribution in [3.05, 3.63) is 65.7 Å². The van der Waals surface area contributed by atoms with E-state index in [1.165, 1.54) is 22.9 Å². The van der Waals surface area contributed by atoms with Crippen LogP contribution < -0.4 is 0 Å². The Hall–Kier alpha value is -2.64. The van der Waals surface area contributed by atoms with E-state index in [-0.39, 0.29) is 5.91 Å². The molecule has 0 aliphatic carbocycles. The third kappa shape index (κ3) is 5.65. The summed E-state index contributed by atoms with van der Waals surface area (Å²) >= 11 is 1.50. The molecule has 6 nitrogen and oxygen atoms in total. The number of carbonyl (C=O) groups is 1. The Morgan fingerprint density at radius 3 is 2.48 bits per heavy atom. The monoisotopic (exact) mass is 463 g/mol. The van der Waals surface area contributed by atoms with Crippen LogP contribution in [0.25, 0.3) is 11.4 Å². The van der Waals surface area contributed by atoms with E-state index in [1.54, 1.807) is 0 Å². The number of hydrogen-bond acceptors (Lipinski definition) is 5. The molecule has 1 fully saturated rings. The van der Waals surface area contributed by atoms with E-state index in [0.717, 1.165) is 55.7 Å². The van der Waals surface area contributed by atoms with E-state index in [1.807, 2.05) is 11.0 Å². The van der Waals surface area contributed by atoms with Gasteiger partial charge in [0.2, 0.25) is 5.91 Å². The molecule has 7 heteroatoms. The number of rotatable bonds is 8. The fraction of sp³-hybridized carbons (Fsp3) is 0.423. The van der Waals surface area contributed by atoms with Gasteiger partial charge in [0.25, 0.3) is 0 Å². The van der Waals surface area contributed by atoms with Crippen LogP contribution in [-0.4, -0.2) is 62.4 Å². The second kappa shape index (κ2) is 11.0. The molecular weight excluding hydrogens is 430 g/mol. The van der Waals surface area contributed by atoms with E-state index in [9.17, 15) is 4.79 Å². The number of piperazine rings is 1. The topological polar surface area (TPSA) is 54.3 Å². The lowest BCUT2D eigenvalue weighted by molar-refractivity contribution is -0.130. The van der Waals surface area contributed by atoms with E-state index in [2.05, 4.69) is 89.0 Å². The van der Waals surface area contributed by atoms with Crippen LogP contribution in [0.1, 0.15) is 37.4 Å². The molecule has 1 amide bonds. The fourth-order valence-electron chi connectivity index (χ4n) is 4.34. The van der Waals surface area contributed by atoms with E-state index in [0.29, 0.717) is 11.8 Å². The molecule has 0 N–H and O–H groups in total. The highest BCUT2D eigenvalue weighted by Crippen LogP contribution is 2.26. The van der Waals surface area contributed by atoms with Gasteiger partial charge in [0, 0.05) is 44.3 Å². The first kappa shape index (κ1) is 23.5. The van der Waals surface area contributed by atoms with Gasteiger partial charge in [0.15, 0.2) is 11.0 Å². The molecule has 1 atom stereocenters. The minimum Gasteiger partial charge on any atom is -0.339 e. The Balaban J connectivity index is 1.35. The zero-order valence-electron chi connectivity index (χ0n) is 19.8. The Morgan fingerprint density at radius 1 is 1.03 bits per heavy atom. The second-order valence-corrected chi connectivity index (χ2v) is 9.56. The smallest absolute Gasteiger partial charge is 0.233 e. The van der Waals surface area contributed by atoms with Crippen LogP contribution in [0.3, 0.4) is 0 Å². The fourth-order valence-corrected chi connectivity index (χ4v) is 5.20. The van der Waals surface area contributed by atoms with Crippen molar-refractivity contribution < 1.29 is 4.79 Å². The highest BCUT2D eigenvalue weighted by molar-refractivity contribution is 7.99. The normalized spacial score (nSPS) is 15.5. The van der Waals surface area contributed by atoms with Gasteiger partial charge < -0.3 is 9.47 Å². The molecule has 1 saturated heterocycles. The lowest BCUT2D eigenvalue weighted by atomic mass is 10.1. The largest absolute Gasteiger partial charge is 0.339 e. The van der Waals surface area contributed by atoms with Crippen molar-refractivity contribution in [1.29, 1.82) is 0 Å². The summed E-state index contributed by atoms with van der Waals surface area (Å²) in [4.78, 5) is 17.4. The zero-order chi connectivity index (χ0) is 23.2. The van der Waals surface area contributed by atoms with Gasteiger partial charge >= 0.3 is 0 Å². The van der Waals surface area contributed by atoms with Crippen LogP contribution >= 0.6 is 11.8 Å². The molecule has 0 unspecified atom stereocenters. The number of aryl methyl sites for hydroxylation is 1. The number of amides is 1. The van der Waals surface area contributed by atoms with Crippen molar-refractivity contribution in [2.24, 2.45) is 0 Å². The molecule has 0 saturated carbocycles. The van der Waals surface area contributed by atoms with Gasteiger partial charge in [-0.2, -0.15) is 0 Å². The van der Waals surface area contributed by atoms with Crippen LogP contribution in [0.15, 0.2) is 59.8 Å². The number of thioether (sulfide) groups is 1. The van der Waals surface area contributed by atoms with Gasteiger partial charge in [0.05, 0.1) is 5.75 Å². The summed E-state index contributed by atoms with van der Waals surface area (Å²) in [6.45, 7) is 10.7. The van der Waals surface area contributed by atoms with Crippen molar-refractivity contribution in [3.8, 4) is 11.4 Å². The summed E-state index contributed by atoms with van der Waals surface area (Å²) in [5.41, 5.74) is 3.59. The van der Waals surface area contributed by atoms with Gasteiger partial charge in [-0.25, -0.2) is 0 Å². The first-order chi connectivity index (χ1) is 16.1. The van der Waals surface area contributed by atoms with E-state index in [4.69, 9.17) is 0 Å². The predicted molar refractivity (Wildman–Crippen MR) is 134 cm³/mol. The molecular formula is C26H33N5OS. The number of benzene rings is 2. The zero-order valence-corrected chi connectivity index (χ0v) is 20.6. The van der Waals surface area contributed by atoms with Crippen LogP contribution in [-0.2, 0) is 11.3 Å². The molecule has 0 bridgehead atoms. The quantitative estimate of drug-likeness (QED) is 0.455. The lowest BCUT2D eigenvalue weighted by Gasteiger charge is -2.38. The van der Waals surface area contributed by atoms with Gasteiger partial charge in [-0.1, -0.05) is 72.8 Å². The van der Waals surface area contributed by atoms with Crippen molar-refractivity contribution in [2.45, 2.75) is 44.9 Å². The number of nitrogens with zero attached hydrogens (tertiary/aromatic N) is 5. The second-order valence-electron chi connectivity index (χ2n) is 8.62. The summed E-state index contributed by atoms with van der Waals surface area (Å²) in [6, 6.07) is 19.3. The third-order valence-corrected chi connectivity index (χ3v) is 7.21. The average molecular weight is 464 g/mol. The van der Waals surface area contributed by atoms with Gasteiger partial charge in [-0.05, 0) is 31.9 Å². The highest BCUT2D eigenvalue weighted by Gasteiger charge is 2.25. The molecule has 2 heterocycles. The van der Waals surface area contributed by atoms with Crippen LogP contribution in [0.4, 0.5) is 0 Å². The summed E-state index contributed by atoms with van der Waals surface area (Å²) in [6.07, 6.45) is 0.986. The van der Waals surface area contributed by atoms with Crippen LogP contribution in [0, 0.1) is 6.92 Å². The number of carbonyl (C=O) groups excluding carboxylic acids is 1. The molecule has 0 radical (unpaired) electrons. The van der Waals surface area contributed by atoms with Gasteiger partial charge in [0.1, 0.15) is 0 Å². The minimum atomic E-state index is 0.176. The van der Waals surface area contributed by atoms with Gasteiger partial charge in [-0.3, -0.25) is 9.69 Å². The predicted octanol–water partition coefficient (Wildman–Crippen LogP) is 4.66. The van der Waals surface area contributed by atoms with Crippen molar-refractivity contribution in [2.75, 3.05) is 31.9 Å². The standard InChI is InChI=1S/C26H33N5OS/c1-4-13-31-25(23-12-8-9-20(2)18-23)27-28-26(31)33-19-24(32)30-16-14-29(15-17-30)21(3)22-10-6-5-7-11-22/h5-12,18,21H,4,13-17,19H2,1-3H3/t21-/m0/s1. The Bertz CT molecular complexity index is 1060. The lowest BCUT2D eigenvalue weighted by Crippen LogP contribution is -2.49. The molecule has 4 rings (SSSR count). The first-order valence-electron chi connectivity index (χ1n) is 11.8. The third-order valence-electron chi connectivity index (χ3n) is 6.26. The molecule has 1 aliphatic rings. The molecule has 2 aromatic carbocycles. The maximum Gasteiger partial charge on any atom is 0.233 e. The molecule has 1 aromatic heterocycles. The van der Waals surface area contributed by atoms with Gasteiger partial charge in [-0.15, -0.1) is 10.2 Å². The summed E-state index contributed by atoms with van der Waals surface area (Å²) < 4.78 is 2.15. The number of hydrogen-bond donors (Lipinski definition) is 0. The maximum absolute atomic E-state index is 12.9. The molecule has 174 valence electrons. The van der Waals surface area contributed by atoms with Crippen molar-refractivity contribution in [3.63, 3.8) is 0 Å². The van der Waals surface area contributed by atoms with E-state index >= 15 is 0 Å². The molecule has 1 aliphatic heterocycles. The van der Waals surface area contributed by atoms with Crippen LogP contribution in [0.5, 0.6) is 0 Å². The summed E-state index contributed by atoms with van der Waals surface area (Å²) in [5.74, 6) is 1.44. The van der Waals surface area contributed by atoms with Crippen molar-refractivity contribution >= 4 is 17.7 Å². The Labute approximate surface area is 201 Å². The number of aromatic nitrogens is 3. The maximum atomic E-state index is 12.9. The van der Waals surface area contributed by atoms with Crippen molar-refractivity contribution in [1.82, 2.24) is 24.6 Å². The minimum absolute atomic E-state index is 0.176. The average Bonchev–Trinajstić information content (AvgIpc) is 3.25. The highest BCUT2D eigenvalue weighted by atomic mass is 32.2. The molecule has 3 aromatic rings. The Kier molecular flexibility index (Phi) is 7.83. The first-order valence-corrected chi connectivity index (χ1v) is 12.7.